The van der Waals surface area contributed by atoms with E-state index >= 15 is 0 Å². The molecule has 10 heteroatoms. The number of aromatic carboxylic acids is 1. The predicted molar refractivity (Wildman–Crippen MR) is 160 cm³/mol. The Morgan fingerprint density at radius 2 is 1.85 bits per heavy atom. The van der Waals surface area contributed by atoms with E-state index in [2.05, 4.69) is 15.4 Å². The van der Waals surface area contributed by atoms with Crippen LogP contribution in [0.2, 0.25) is 10.0 Å². The van der Waals surface area contributed by atoms with Crippen molar-refractivity contribution in [2.75, 3.05) is 4.90 Å². The van der Waals surface area contributed by atoms with Gasteiger partial charge in [-0.25, -0.2) is 9.78 Å². The van der Waals surface area contributed by atoms with E-state index in [-0.39, 0.29) is 6.10 Å². The van der Waals surface area contributed by atoms with Crippen LogP contribution in [0.15, 0.2) is 46.3 Å². The molecule has 0 radical (unpaired) electrons. The fourth-order valence-corrected chi connectivity index (χ4v) is 7.96. The van der Waals surface area contributed by atoms with Crippen LogP contribution in [-0.4, -0.2) is 39.4 Å². The number of nitrogens with zero attached hydrogens (tertiary/aromatic N) is 3. The number of halogens is 2. The molecule has 212 valence electrons. The molecule has 1 saturated carbocycles. The van der Waals surface area contributed by atoms with Gasteiger partial charge in [-0.1, -0.05) is 40.5 Å². The van der Waals surface area contributed by atoms with Gasteiger partial charge in [0.05, 0.1) is 34.0 Å². The minimum absolute atomic E-state index is 0.130. The first kappa shape index (κ1) is 27.0. The van der Waals surface area contributed by atoms with Gasteiger partial charge in [-0.3, -0.25) is 0 Å². The third-order valence-corrected chi connectivity index (χ3v) is 10.1. The topological polar surface area (TPSA) is 88.7 Å². The Morgan fingerprint density at radius 1 is 1.12 bits per heavy atom. The van der Waals surface area contributed by atoms with E-state index in [0.717, 1.165) is 71.8 Å². The van der Waals surface area contributed by atoms with Crippen LogP contribution in [0.4, 0.5) is 5.13 Å². The number of anilines is 1. The minimum atomic E-state index is -0.911. The largest absolute Gasteiger partial charge is 0.478 e. The smallest absolute Gasteiger partial charge is 0.335 e. The second kappa shape index (κ2) is 10.7. The van der Waals surface area contributed by atoms with Crippen molar-refractivity contribution in [2.24, 2.45) is 0 Å². The average Bonchev–Trinajstić information content (AvgIpc) is 3.41. The number of hydrogen-bond donors (Lipinski definition) is 1. The van der Waals surface area contributed by atoms with Crippen molar-refractivity contribution in [1.82, 2.24) is 10.1 Å². The Morgan fingerprint density at radius 3 is 2.51 bits per heavy atom. The van der Waals surface area contributed by atoms with Crippen LogP contribution in [0, 0.1) is 6.92 Å². The number of benzene rings is 2. The first-order valence-electron chi connectivity index (χ1n) is 14.0. The molecule has 4 aromatic rings. The van der Waals surface area contributed by atoms with Crippen LogP contribution in [0.25, 0.3) is 22.5 Å². The molecular formula is C31H29Cl2N3O4S. The van der Waals surface area contributed by atoms with Gasteiger partial charge in [0, 0.05) is 40.1 Å². The highest BCUT2D eigenvalue weighted by Gasteiger charge is 2.43. The molecule has 1 aliphatic carbocycles. The van der Waals surface area contributed by atoms with Gasteiger partial charge in [0.15, 0.2) is 5.13 Å². The maximum absolute atomic E-state index is 11.4. The van der Waals surface area contributed by atoms with E-state index < -0.39 is 5.97 Å². The number of fused-ring (bicyclic) bond motifs is 2. The summed E-state index contributed by atoms with van der Waals surface area (Å²) in [4.78, 5) is 18.9. The lowest BCUT2D eigenvalue weighted by Gasteiger charge is -2.38. The number of ether oxygens (including phenoxy) is 1. The average molecular weight is 611 g/mol. The second-order valence-electron chi connectivity index (χ2n) is 11.3. The highest BCUT2D eigenvalue weighted by atomic mass is 35.5. The molecule has 0 amide bonds. The summed E-state index contributed by atoms with van der Waals surface area (Å²) in [5.74, 6) is 0.377. The van der Waals surface area contributed by atoms with E-state index in [4.69, 9.17) is 37.4 Å². The molecule has 2 saturated heterocycles. The molecule has 2 aromatic heterocycles. The molecule has 2 aromatic carbocycles. The van der Waals surface area contributed by atoms with Gasteiger partial charge in [-0.2, -0.15) is 0 Å². The van der Waals surface area contributed by atoms with Crippen LogP contribution in [0.3, 0.4) is 0 Å². The molecule has 0 spiro atoms. The molecule has 1 N–H and O–H groups in total. The lowest BCUT2D eigenvalue weighted by Crippen LogP contribution is -2.45. The summed E-state index contributed by atoms with van der Waals surface area (Å²) >= 11 is 14.7. The summed E-state index contributed by atoms with van der Waals surface area (Å²) in [5, 5.41) is 18.0. The Balaban J connectivity index is 1.07. The summed E-state index contributed by atoms with van der Waals surface area (Å²) in [6.07, 6.45) is 6.43. The fourth-order valence-electron chi connectivity index (χ4n) is 6.40. The summed E-state index contributed by atoms with van der Waals surface area (Å²) in [5.41, 5.74) is 5.23. The number of carboxylic acids is 1. The summed E-state index contributed by atoms with van der Waals surface area (Å²) in [6, 6.07) is 11.6. The van der Waals surface area contributed by atoms with Crippen molar-refractivity contribution in [3.8, 4) is 22.5 Å². The van der Waals surface area contributed by atoms with E-state index in [1.165, 1.54) is 0 Å². The lowest BCUT2D eigenvalue weighted by atomic mass is 10.00. The van der Waals surface area contributed by atoms with Crippen LogP contribution >= 0.6 is 34.5 Å². The fraction of sp³-hybridized carbons (Fsp3) is 0.387. The van der Waals surface area contributed by atoms with Crippen molar-refractivity contribution < 1.29 is 19.2 Å². The predicted octanol–water partition coefficient (Wildman–Crippen LogP) is 8.37. The SMILES string of the molecule is Cc1cc(-c2csc(N3[C@@H]4CC[C@H]3C[C@H](OCc3c(-c5c(Cl)cccc5Cl)noc3C3CC3)C4)n2)ccc1C(=O)O. The Kier molecular flexibility index (Phi) is 7.06. The Bertz CT molecular complexity index is 1600. The van der Waals surface area contributed by atoms with Gasteiger partial charge in [-0.05, 0) is 75.3 Å². The molecule has 2 bridgehead atoms. The van der Waals surface area contributed by atoms with Gasteiger partial charge in [-0.15, -0.1) is 11.3 Å². The van der Waals surface area contributed by atoms with Crippen molar-refractivity contribution in [2.45, 2.75) is 76.2 Å². The van der Waals surface area contributed by atoms with Crippen LogP contribution < -0.4 is 4.90 Å². The van der Waals surface area contributed by atoms with Gasteiger partial charge < -0.3 is 19.3 Å². The van der Waals surface area contributed by atoms with E-state index in [1.807, 2.05) is 37.3 Å². The summed E-state index contributed by atoms with van der Waals surface area (Å²) in [7, 11) is 0. The zero-order chi connectivity index (χ0) is 28.2. The molecule has 7 rings (SSSR count). The highest BCUT2D eigenvalue weighted by molar-refractivity contribution is 7.14. The lowest BCUT2D eigenvalue weighted by molar-refractivity contribution is 0.0147. The van der Waals surface area contributed by atoms with Crippen LogP contribution in [0.1, 0.15) is 71.7 Å². The molecule has 0 unspecified atom stereocenters. The molecule has 3 aliphatic rings. The number of rotatable bonds is 8. The number of piperidine rings is 1. The zero-order valence-corrected chi connectivity index (χ0v) is 24.8. The van der Waals surface area contributed by atoms with E-state index in [9.17, 15) is 9.90 Å². The van der Waals surface area contributed by atoms with Gasteiger partial charge in [0.25, 0.3) is 0 Å². The van der Waals surface area contributed by atoms with Gasteiger partial charge in [0.2, 0.25) is 0 Å². The molecular weight excluding hydrogens is 581 g/mol. The van der Waals surface area contributed by atoms with Crippen molar-refractivity contribution in [3.05, 3.63) is 74.3 Å². The van der Waals surface area contributed by atoms with Crippen LogP contribution in [0.5, 0.6) is 0 Å². The number of carbonyl (C=O) groups is 1. The van der Waals surface area contributed by atoms with Crippen molar-refractivity contribution in [3.63, 3.8) is 0 Å². The Labute approximate surface area is 252 Å². The third-order valence-electron chi connectivity index (χ3n) is 8.58. The molecule has 2 aliphatic heterocycles. The minimum Gasteiger partial charge on any atom is -0.478 e. The third kappa shape index (κ3) is 5.05. The molecule has 7 nitrogen and oxygen atoms in total. The zero-order valence-electron chi connectivity index (χ0n) is 22.5. The first-order valence-corrected chi connectivity index (χ1v) is 15.6. The monoisotopic (exact) mass is 609 g/mol. The Hall–Kier alpha value is -2.91. The first-order chi connectivity index (χ1) is 19.9. The highest BCUT2D eigenvalue weighted by Crippen LogP contribution is 2.47. The van der Waals surface area contributed by atoms with Gasteiger partial charge >= 0.3 is 5.97 Å². The molecule has 4 heterocycles. The number of aromatic nitrogens is 2. The van der Waals surface area contributed by atoms with Gasteiger partial charge in [0.1, 0.15) is 11.5 Å². The number of carboxylic acid groups (broad SMARTS) is 1. The maximum atomic E-state index is 11.4. The van der Waals surface area contributed by atoms with E-state index in [1.54, 1.807) is 17.4 Å². The van der Waals surface area contributed by atoms with E-state index in [0.29, 0.717) is 51.5 Å². The molecule has 3 atom stereocenters. The second-order valence-corrected chi connectivity index (χ2v) is 12.9. The van der Waals surface area contributed by atoms with Crippen LogP contribution in [-0.2, 0) is 11.3 Å². The normalized spacial score (nSPS) is 21.9. The number of aryl methyl sites for hydroxylation is 1. The maximum Gasteiger partial charge on any atom is 0.335 e. The van der Waals surface area contributed by atoms with Crippen molar-refractivity contribution in [1.29, 1.82) is 0 Å². The number of hydrogen-bond acceptors (Lipinski definition) is 7. The number of thiazole rings is 1. The summed E-state index contributed by atoms with van der Waals surface area (Å²) < 4.78 is 12.4. The summed E-state index contributed by atoms with van der Waals surface area (Å²) in [6.45, 7) is 2.24. The quantitative estimate of drug-likeness (QED) is 0.214. The molecule has 41 heavy (non-hydrogen) atoms. The van der Waals surface area contributed by atoms with Crippen molar-refractivity contribution >= 4 is 45.6 Å². The standard InChI is InChI=1S/C31H29Cl2N3O4S/c1-16-11-18(7-10-22(16)30(37)38)26-15-41-31(34-26)36-19-8-9-20(36)13-21(12-19)39-14-23-28(35-40-29(23)17-5-6-17)27-24(32)3-2-4-25(27)33/h2-4,7,10-11,15,17,19-21H,5-6,8-9,12-14H2,1H3,(H,37,38)/t19-,20+,21-. The molecule has 3 fully saturated rings.